The van der Waals surface area contributed by atoms with E-state index in [-0.39, 0.29) is 22.7 Å². The number of hydrogen-bond donors (Lipinski definition) is 5. The van der Waals surface area contributed by atoms with E-state index in [0.29, 0.717) is 46.8 Å². The first kappa shape index (κ1) is 32.4. The smallest absolute Gasteiger partial charge is 0.250 e. The fourth-order valence-electron chi connectivity index (χ4n) is 4.24. The number of nitrogens with two attached hydrogens (primary N) is 3. The molecular weight excluding hydrogens is 517 g/mol. The molecule has 0 aliphatic heterocycles. The van der Waals surface area contributed by atoms with E-state index in [1.807, 2.05) is 52.8 Å². The van der Waals surface area contributed by atoms with E-state index < -0.39 is 11.7 Å². The van der Waals surface area contributed by atoms with Crippen molar-refractivity contribution in [1.29, 1.82) is 5.41 Å². The van der Waals surface area contributed by atoms with Gasteiger partial charge >= 0.3 is 0 Å². The molecule has 2 aromatic rings. The van der Waals surface area contributed by atoms with Gasteiger partial charge in [-0.05, 0) is 70.4 Å². The molecule has 0 unspecified atom stereocenters. The Bertz CT molecular complexity index is 1490. The maximum atomic E-state index is 15.3. The van der Waals surface area contributed by atoms with Crippen molar-refractivity contribution in [3.8, 4) is 0 Å². The van der Waals surface area contributed by atoms with Gasteiger partial charge in [-0.15, -0.1) is 0 Å². The van der Waals surface area contributed by atoms with Crippen molar-refractivity contribution < 1.29 is 9.18 Å². The van der Waals surface area contributed by atoms with Gasteiger partial charge < -0.3 is 27.9 Å². The highest BCUT2D eigenvalue weighted by molar-refractivity contribution is 6.09. The molecule has 0 bridgehead atoms. The van der Waals surface area contributed by atoms with E-state index in [1.165, 1.54) is 6.07 Å². The van der Waals surface area contributed by atoms with Crippen LogP contribution in [-0.2, 0) is 4.79 Å². The van der Waals surface area contributed by atoms with Crippen molar-refractivity contribution >= 4 is 40.6 Å². The number of benzene rings is 2. The van der Waals surface area contributed by atoms with Crippen LogP contribution in [0.4, 0.5) is 15.8 Å². The van der Waals surface area contributed by atoms with Gasteiger partial charge in [-0.25, -0.2) is 9.38 Å². The molecule has 0 radical (unpaired) electrons. The van der Waals surface area contributed by atoms with E-state index in [0.717, 1.165) is 17.5 Å². The largest absolute Gasteiger partial charge is 0.398 e. The fourth-order valence-corrected chi connectivity index (χ4v) is 4.24. The van der Waals surface area contributed by atoms with Crippen LogP contribution in [0, 0.1) is 18.2 Å². The lowest BCUT2D eigenvalue weighted by molar-refractivity contribution is -0.114. The lowest BCUT2D eigenvalue weighted by Gasteiger charge is -2.18. The van der Waals surface area contributed by atoms with Crippen LogP contribution in [0.2, 0.25) is 0 Å². The standard InChI is InChI=1S/C32H40FN7O/c1-7-11-20(5)38-27(13-9-3)40-30-22(14-10-15-25(30)33)21(6)39-31(29(36)23(12-8-2)32(37)41)28-19(4)16-17-26(35)24(28)18-34/h7,10-18,34,40H,8-9,35-36H2,1-6H3,(H2,37,41)/b11-7-,23-12-,27-13-,31-29+,34-18?,38-20-,39-21?. The number of halogens is 1. The van der Waals surface area contributed by atoms with Crippen molar-refractivity contribution in [3.05, 3.63) is 99.8 Å². The van der Waals surface area contributed by atoms with Crippen LogP contribution in [0.5, 0.6) is 0 Å². The molecule has 0 aliphatic rings. The highest BCUT2D eigenvalue weighted by Crippen LogP contribution is 2.32. The summed E-state index contributed by atoms with van der Waals surface area (Å²) in [5.41, 5.74) is 22.5. The summed E-state index contributed by atoms with van der Waals surface area (Å²) >= 11 is 0. The number of para-hydroxylation sites is 1. The number of nitrogens with zero attached hydrogens (tertiary/aromatic N) is 2. The summed E-state index contributed by atoms with van der Waals surface area (Å²) in [6, 6.07) is 8.13. The third kappa shape index (κ3) is 8.11. The molecule has 2 rings (SSSR count). The highest BCUT2D eigenvalue weighted by Gasteiger charge is 2.21. The number of rotatable bonds is 12. The minimum absolute atomic E-state index is 0.0274. The third-order valence-corrected chi connectivity index (χ3v) is 6.13. The Morgan fingerprint density at radius 1 is 1.07 bits per heavy atom. The Labute approximate surface area is 241 Å². The van der Waals surface area contributed by atoms with Gasteiger partial charge in [0.1, 0.15) is 11.6 Å². The molecule has 0 aromatic heterocycles. The Morgan fingerprint density at radius 2 is 1.76 bits per heavy atom. The number of carbonyl (C=O) groups is 1. The summed E-state index contributed by atoms with van der Waals surface area (Å²) in [6.07, 6.45) is 9.51. The summed E-state index contributed by atoms with van der Waals surface area (Å²) in [6.45, 7) is 11.1. The number of primary amides is 1. The van der Waals surface area contributed by atoms with E-state index in [2.05, 4.69) is 10.3 Å². The second-order valence-corrected chi connectivity index (χ2v) is 9.29. The number of nitrogens with one attached hydrogen (secondary N) is 2. The summed E-state index contributed by atoms with van der Waals surface area (Å²) < 4.78 is 15.3. The average Bonchev–Trinajstić information content (AvgIpc) is 2.92. The van der Waals surface area contributed by atoms with Crippen molar-refractivity contribution in [2.24, 2.45) is 21.5 Å². The molecule has 216 valence electrons. The molecule has 41 heavy (non-hydrogen) atoms. The molecule has 2 aromatic carbocycles. The Balaban J connectivity index is 2.92. The van der Waals surface area contributed by atoms with Crippen LogP contribution in [0.3, 0.4) is 0 Å². The molecule has 8 N–H and O–H groups in total. The first-order valence-corrected chi connectivity index (χ1v) is 13.4. The van der Waals surface area contributed by atoms with Gasteiger partial charge in [0.2, 0.25) is 0 Å². The first-order chi connectivity index (χ1) is 19.5. The lowest BCUT2D eigenvalue weighted by Crippen LogP contribution is -2.21. The van der Waals surface area contributed by atoms with Crippen LogP contribution in [0.25, 0.3) is 5.70 Å². The number of allylic oxidation sites excluding steroid dienone is 4. The van der Waals surface area contributed by atoms with E-state index >= 15 is 4.39 Å². The molecule has 1 amide bonds. The summed E-state index contributed by atoms with van der Waals surface area (Å²) in [7, 11) is 0. The molecule has 0 heterocycles. The minimum atomic E-state index is -0.718. The van der Waals surface area contributed by atoms with Gasteiger partial charge in [-0.3, -0.25) is 9.79 Å². The van der Waals surface area contributed by atoms with E-state index in [9.17, 15) is 4.79 Å². The van der Waals surface area contributed by atoms with Crippen molar-refractivity contribution in [2.75, 3.05) is 11.1 Å². The number of aryl methyl sites for hydroxylation is 1. The summed E-state index contributed by atoms with van der Waals surface area (Å²) in [5, 5.41) is 11.2. The molecule has 0 atom stereocenters. The van der Waals surface area contributed by atoms with Crippen LogP contribution in [-0.4, -0.2) is 23.5 Å². The maximum Gasteiger partial charge on any atom is 0.250 e. The first-order valence-electron chi connectivity index (χ1n) is 13.4. The zero-order valence-electron chi connectivity index (χ0n) is 24.6. The van der Waals surface area contributed by atoms with Crippen molar-refractivity contribution in [3.63, 3.8) is 0 Å². The number of anilines is 2. The topological polar surface area (TPSA) is 156 Å². The molecule has 0 saturated carbocycles. The average molecular weight is 558 g/mol. The third-order valence-electron chi connectivity index (χ3n) is 6.13. The van der Waals surface area contributed by atoms with E-state index in [4.69, 9.17) is 27.6 Å². The molecule has 0 saturated heterocycles. The normalized spacial score (nSPS) is 13.8. The lowest BCUT2D eigenvalue weighted by atomic mass is 9.94. The predicted octanol–water partition coefficient (Wildman–Crippen LogP) is 6.37. The fraction of sp³-hybridized carbons (Fsp3) is 0.250. The Kier molecular flexibility index (Phi) is 12.0. The number of hydrogen-bond acceptors (Lipinski definition) is 7. The molecule has 0 fully saturated rings. The minimum Gasteiger partial charge on any atom is -0.398 e. The number of aliphatic imine (C=N–C) groups is 2. The number of nitrogen functional groups attached to an aromatic ring is 1. The van der Waals surface area contributed by atoms with Gasteiger partial charge in [0.05, 0.1) is 22.7 Å². The maximum absolute atomic E-state index is 15.3. The van der Waals surface area contributed by atoms with Crippen molar-refractivity contribution in [1.82, 2.24) is 0 Å². The second kappa shape index (κ2) is 15.1. The molecule has 9 heteroatoms. The molecule has 8 nitrogen and oxygen atoms in total. The van der Waals surface area contributed by atoms with Crippen molar-refractivity contribution in [2.45, 2.75) is 54.4 Å². The van der Waals surface area contributed by atoms with Crippen LogP contribution >= 0.6 is 0 Å². The monoisotopic (exact) mass is 557 g/mol. The second-order valence-electron chi connectivity index (χ2n) is 9.29. The Hall–Kier alpha value is -4.79. The molecule has 0 aliphatic carbocycles. The molecular formula is C32H40FN7O. The zero-order chi connectivity index (χ0) is 30.7. The van der Waals surface area contributed by atoms with Crippen LogP contribution in [0.1, 0.15) is 69.7 Å². The predicted molar refractivity (Wildman–Crippen MR) is 171 cm³/mol. The van der Waals surface area contributed by atoms with Crippen LogP contribution in [0.15, 0.2) is 81.7 Å². The zero-order valence-corrected chi connectivity index (χ0v) is 24.6. The van der Waals surface area contributed by atoms with Gasteiger partial charge in [-0.1, -0.05) is 44.2 Å². The van der Waals surface area contributed by atoms with Gasteiger partial charge in [0.25, 0.3) is 5.91 Å². The van der Waals surface area contributed by atoms with E-state index in [1.54, 1.807) is 37.3 Å². The summed E-state index contributed by atoms with van der Waals surface area (Å²) in [4.78, 5) is 21.8. The van der Waals surface area contributed by atoms with Gasteiger partial charge in [-0.2, -0.15) is 0 Å². The number of amides is 1. The van der Waals surface area contributed by atoms with Gasteiger partial charge in [0, 0.05) is 40.0 Å². The SMILES string of the molecule is C\C=C/C(C)=N\C(=C\CC)Nc1c(F)cccc1C(C)=N/C(=C(N)\C(=C\CC)C(N)=O)c1c(C)ccc(N)c1C=N. The van der Waals surface area contributed by atoms with Gasteiger partial charge in [0.15, 0.2) is 0 Å². The number of carbonyl (C=O) groups excluding carboxylic acids is 1. The Morgan fingerprint density at radius 3 is 2.34 bits per heavy atom. The quantitative estimate of drug-likeness (QED) is 0.0889. The summed E-state index contributed by atoms with van der Waals surface area (Å²) in [5.74, 6) is -0.734. The molecule has 0 spiro atoms. The van der Waals surface area contributed by atoms with Crippen LogP contribution < -0.4 is 22.5 Å². The highest BCUT2D eigenvalue weighted by atomic mass is 19.1.